The summed E-state index contributed by atoms with van der Waals surface area (Å²) in [6.07, 6.45) is 1.48. The zero-order chi connectivity index (χ0) is 7.07. The Kier molecular flexibility index (Phi) is 1.23. The van der Waals surface area contributed by atoms with Gasteiger partial charge in [0.15, 0.2) is 0 Å². The monoisotopic (exact) mass is 124 g/mol. The van der Waals surface area contributed by atoms with E-state index < -0.39 is 0 Å². The lowest BCUT2D eigenvalue weighted by atomic mass is 9.91. The maximum atomic E-state index is 11.0. The molecule has 0 aromatic carbocycles. The Morgan fingerprint density at radius 2 is 2.11 bits per heavy atom. The van der Waals surface area contributed by atoms with Gasteiger partial charge in [-0.05, 0) is 6.42 Å². The molecule has 0 aliphatic heterocycles. The summed E-state index contributed by atoms with van der Waals surface area (Å²) in [6.45, 7) is 7.74. The summed E-state index contributed by atoms with van der Waals surface area (Å²) in [5, 5.41) is 0. The van der Waals surface area contributed by atoms with E-state index in [4.69, 9.17) is 0 Å². The number of allylic oxidation sites excluding steroid dienone is 1. The zero-order valence-corrected chi connectivity index (χ0v) is 6.03. The molecule has 0 heterocycles. The first-order valence-electron chi connectivity index (χ1n) is 3.22. The van der Waals surface area contributed by atoms with E-state index >= 15 is 0 Å². The highest BCUT2D eigenvalue weighted by molar-refractivity contribution is 5.89. The SMILES string of the molecule is C=C1CC(=O)C(C)(C)C1. The van der Waals surface area contributed by atoms with Crippen LogP contribution in [0.25, 0.3) is 0 Å². The third-order valence-corrected chi connectivity index (χ3v) is 1.86. The van der Waals surface area contributed by atoms with Crippen LogP contribution in [-0.2, 0) is 4.79 Å². The van der Waals surface area contributed by atoms with Gasteiger partial charge in [-0.25, -0.2) is 0 Å². The van der Waals surface area contributed by atoms with E-state index in [0.29, 0.717) is 12.2 Å². The van der Waals surface area contributed by atoms with Crippen molar-refractivity contribution in [3.05, 3.63) is 12.2 Å². The van der Waals surface area contributed by atoms with Crippen LogP contribution in [-0.4, -0.2) is 5.78 Å². The molecule has 0 spiro atoms. The summed E-state index contributed by atoms with van der Waals surface area (Å²) < 4.78 is 0. The van der Waals surface area contributed by atoms with Crippen LogP contribution in [0, 0.1) is 5.41 Å². The Balaban J connectivity index is 2.81. The second-order valence-corrected chi connectivity index (χ2v) is 3.41. The largest absolute Gasteiger partial charge is 0.299 e. The average molecular weight is 124 g/mol. The number of hydrogen-bond acceptors (Lipinski definition) is 1. The topological polar surface area (TPSA) is 17.1 Å². The van der Waals surface area contributed by atoms with Gasteiger partial charge in [0.2, 0.25) is 0 Å². The van der Waals surface area contributed by atoms with E-state index in [9.17, 15) is 4.79 Å². The fourth-order valence-corrected chi connectivity index (χ4v) is 1.25. The first-order valence-corrected chi connectivity index (χ1v) is 3.22. The number of ketones is 1. The Labute approximate surface area is 55.8 Å². The van der Waals surface area contributed by atoms with Gasteiger partial charge >= 0.3 is 0 Å². The van der Waals surface area contributed by atoms with Crippen LogP contribution in [0.1, 0.15) is 26.7 Å². The molecule has 0 saturated heterocycles. The Morgan fingerprint density at radius 1 is 1.56 bits per heavy atom. The molecule has 0 aromatic heterocycles. The highest BCUT2D eigenvalue weighted by Gasteiger charge is 2.34. The standard InChI is InChI=1S/C8H12O/c1-6-4-7(9)8(2,3)5-6/h1,4-5H2,2-3H3. The molecule has 1 nitrogen and oxygen atoms in total. The molecule has 0 N–H and O–H groups in total. The molecule has 1 fully saturated rings. The third kappa shape index (κ3) is 1.04. The second kappa shape index (κ2) is 1.69. The van der Waals surface area contributed by atoms with Gasteiger partial charge in [-0.15, -0.1) is 0 Å². The molecule has 1 saturated carbocycles. The number of carbonyl (C=O) groups excluding carboxylic acids is 1. The van der Waals surface area contributed by atoms with E-state index in [1.807, 2.05) is 13.8 Å². The van der Waals surface area contributed by atoms with E-state index in [0.717, 1.165) is 12.0 Å². The lowest BCUT2D eigenvalue weighted by molar-refractivity contribution is -0.124. The summed E-state index contributed by atoms with van der Waals surface area (Å²) >= 11 is 0. The smallest absolute Gasteiger partial charge is 0.142 e. The number of carbonyl (C=O) groups is 1. The van der Waals surface area contributed by atoms with Crippen molar-refractivity contribution in [1.29, 1.82) is 0 Å². The number of rotatable bonds is 0. The second-order valence-electron chi connectivity index (χ2n) is 3.41. The lowest BCUT2D eigenvalue weighted by Gasteiger charge is -2.12. The van der Waals surface area contributed by atoms with Crippen LogP contribution >= 0.6 is 0 Å². The van der Waals surface area contributed by atoms with Crippen LogP contribution in [0.3, 0.4) is 0 Å². The Hall–Kier alpha value is -0.590. The van der Waals surface area contributed by atoms with Crippen molar-refractivity contribution in [2.45, 2.75) is 26.7 Å². The van der Waals surface area contributed by atoms with Crippen LogP contribution < -0.4 is 0 Å². The molecule has 0 amide bonds. The summed E-state index contributed by atoms with van der Waals surface area (Å²) in [5.41, 5.74) is 0.974. The van der Waals surface area contributed by atoms with Crippen molar-refractivity contribution in [3.8, 4) is 0 Å². The minimum Gasteiger partial charge on any atom is -0.299 e. The maximum Gasteiger partial charge on any atom is 0.142 e. The van der Waals surface area contributed by atoms with E-state index in [1.165, 1.54) is 0 Å². The van der Waals surface area contributed by atoms with Crippen molar-refractivity contribution < 1.29 is 4.79 Å². The third-order valence-electron chi connectivity index (χ3n) is 1.86. The summed E-state index contributed by atoms with van der Waals surface area (Å²) in [6, 6.07) is 0. The van der Waals surface area contributed by atoms with Gasteiger partial charge in [0.25, 0.3) is 0 Å². The molecule has 0 bridgehead atoms. The van der Waals surface area contributed by atoms with Gasteiger partial charge in [-0.3, -0.25) is 4.79 Å². The van der Waals surface area contributed by atoms with E-state index in [-0.39, 0.29) is 5.41 Å². The van der Waals surface area contributed by atoms with Crippen LogP contribution in [0.2, 0.25) is 0 Å². The number of Topliss-reactive ketones (excluding diaryl/α,β-unsaturated/α-hetero) is 1. The minimum absolute atomic E-state index is 0.114. The predicted octanol–water partition coefficient (Wildman–Crippen LogP) is 1.93. The highest BCUT2D eigenvalue weighted by Crippen LogP contribution is 2.36. The van der Waals surface area contributed by atoms with Gasteiger partial charge < -0.3 is 0 Å². The molecule has 1 rings (SSSR count). The van der Waals surface area contributed by atoms with E-state index in [1.54, 1.807) is 0 Å². The highest BCUT2D eigenvalue weighted by atomic mass is 16.1. The average Bonchev–Trinajstić information content (AvgIpc) is 1.79. The molecule has 50 valence electrons. The molecular formula is C8H12O. The molecule has 0 radical (unpaired) electrons. The molecule has 1 heteroatoms. The first kappa shape index (κ1) is 6.53. The molecular weight excluding hydrogens is 112 g/mol. The van der Waals surface area contributed by atoms with Crippen LogP contribution in [0.15, 0.2) is 12.2 Å². The summed E-state index contributed by atoms with van der Waals surface area (Å²) in [7, 11) is 0. The molecule has 9 heavy (non-hydrogen) atoms. The van der Waals surface area contributed by atoms with Crippen LogP contribution in [0.4, 0.5) is 0 Å². The zero-order valence-electron chi connectivity index (χ0n) is 6.03. The van der Waals surface area contributed by atoms with Crippen molar-refractivity contribution in [3.63, 3.8) is 0 Å². The van der Waals surface area contributed by atoms with Crippen molar-refractivity contribution in [2.24, 2.45) is 5.41 Å². The van der Waals surface area contributed by atoms with Crippen molar-refractivity contribution >= 4 is 5.78 Å². The molecule has 0 unspecified atom stereocenters. The molecule has 0 aromatic rings. The molecule has 1 aliphatic carbocycles. The Bertz CT molecular complexity index is 165. The van der Waals surface area contributed by atoms with Crippen LogP contribution in [0.5, 0.6) is 0 Å². The normalized spacial score (nSPS) is 25.1. The van der Waals surface area contributed by atoms with Gasteiger partial charge in [0.05, 0.1) is 0 Å². The summed E-state index contributed by atoms with van der Waals surface area (Å²) in [4.78, 5) is 11.0. The van der Waals surface area contributed by atoms with Gasteiger partial charge in [0.1, 0.15) is 5.78 Å². The first-order chi connectivity index (χ1) is 4.02. The van der Waals surface area contributed by atoms with Crippen molar-refractivity contribution in [1.82, 2.24) is 0 Å². The molecule has 1 aliphatic rings. The fraction of sp³-hybridized carbons (Fsp3) is 0.625. The quantitative estimate of drug-likeness (QED) is 0.451. The van der Waals surface area contributed by atoms with Gasteiger partial charge in [0, 0.05) is 11.8 Å². The van der Waals surface area contributed by atoms with Gasteiger partial charge in [-0.1, -0.05) is 26.0 Å². The Morgan fingerprint density at radius 3 is 2.22 bits per heavy atom. The maximum absolute atomic E-state index is 11.0. The lowest BCUT2D eigenvalue weighted by Crippen LogP contribution is -2.15. The minimum atomic E-state index is -0.114. The van der Waals surface area contributed by atoms with Crippen molar-refractivity contribution in [2.75, 3.05) is 0 Å². The van der Waals surface area contributed by atoms with Gasteiger partial charge in [-0.2, -0.15) is 0 Å². The number of hydrogen-bond donors (Lipinski definition) is 0. The molecule has 0 atom stereocenters. The predicted molar refractivity (Wildman–Crippen MR) is 37.2 cm³/mol. The summed E-state index contributed by atoms with van der Waals surface area (Å²) in [5.74, 6) is 0.340. The fourth-order valence-electron chi connectivity index (χ4n) is 1.25. The van der Waals surface area contributed by atoms with E-state index in [2.05, 4.69) is 6.58 Å².